The number of halogens is 1. The van der Waals surface area contributed by atoms with E-state index in [1.54, 1.807) is 26.4 Å². The van der Waals surface area contributed by atoms with Crippen LogP contribution in [0.25, 0.3) is 11.4 Å². The molecule has 0 amide bonds. The Balaban J connectivity index is 1.37. The average Bonchev–Trinajstić information content (AvgIpc) is 3.43. The third-order valence-corrected chi connectivity index (χ3v) is 5.28. The van der Waals surface area contributed by atoms with Crippen molar-refractivity contribution < 1.29 is 23.1 Å². The number of hydrogen-bond donors (Lipinski definition) is 1. The highest BCUT2D eigenvalue weighted by Crippen LogP contribution is 2.31. The highest BCUT2D eigenvalue weighted by Gasteiger charge is 2.15. The number of nitrogens with two attached hydrogens (primary N) is 1. The molecule has 4 aromatic rings. The lowest BCUT2D eigenvalue weighted by Crippen LogP contribution is -2.15. The molecule has 10 nitrogen and oxygen atoms in total. The van der Waals surface area contributed by atoms with Gasteiger partial charge in [0.2, 0.25) is 16.9 Å². The van der Waals surface area contributed by atoms with Crippen LogP contribution >= 0.6 is 11.8 Å². The molecular weight excluding hydrogens is 439 g/mol. The molecule has 0 radical (unpaired) electrons. The number of methoxy groups -OCH3 is 2. The fourth-order valence-electron chi connectivity index (χ4n) is 2.72. The van der Waals surface area contributed by atoms with Crippen LogP contribution in [0.5, 0.6) is 17.2 Å². The summed E-state index contributed by atoms with van der Waals surface area (Å²) >= 11 is 1.29. The van der Waals surface area contributed by atoms with E-state index in [0.717, 1.165) is 5.56 Å². The van der Waals surface area contributed by atoms with Crippen molar-refractivity contribution in [3.8, 4) is 28.6 Å². The quantitative estimate of drug-likeness (QED) is 0.296. The van der Waals surface area contributed by atoms with Gasteiger partial charge in [-0.05, 0) is 42.5 Å². The van der Waals surface area contributed by atoms with Crippen LogP contribution in [-0.2, 0) is 12.4 Å². The molecule has 166 valence electrons. The van der Waals surface area contributed by atoms with Crippen molar-refractivity contribution in [3.63, 3.8) is 0 Å². The lowest BCUT2D eigenvalue weighted by atomic mass is 10.2. The van der Waals surface area contributed by atoms with E-state index in [9.17, 15) is 4.39 Å². The minimum Gasteiger partial charge on any atom is -0.493 e. The highest BCUT2D eigenvalue weighted by molar-refractivity contribution is 7.98. The second kappa shape index (κ2) is 9.56. The molecule has 32 heavy (non-hydrogen) atoms. The number of aromatic nitrogens is 5. The van der Waals surface area contributed by atoms with Gasteiger partial charge < -0.3 is 24.6 Å². The van der Waals surface area contributed by atoms with E-state index in [1.165, 1.54) is 40.7 Å². The van der Waals surface area contributed by atoms with Crippen molar-refractivity contribution in [2.24, 2.45) is 0 Å². The normalized spacial score (nSPS) is 10.8. The molecule has 12 heteroatoms. The predicted octanol–water partition coefficient (Wildman–Crippen LogP) is 3.07. The Labute approximate surface area is 186 Å². The van der Waals surface area contributed by atoms with Crippen LogP contribution in [0.3, 0.4) is 0 Å². The zero-order chi connectivity index (χ0) is 22.5. The maximum atomic E-state index is 13.0. The molecule has 0 saturated heterocycles. The second-order valence-electron chi connectivity index (χ2n) is 6.38. The summed E-state index contributed by atoms with van der Waals surface area (Å²) in [6.07, 6.45) is 0. The first-order valence-corrected chi connectivity index (χ1v) is 10.3. The third-order valence-electron chi connectivity index (χ3n) is 4.35. The Morgan fingerprint density at radius 2 is 1.84 bits per heavy atom. The van der Waals surface area contributed by atoms with Crippen molar-refractivity contribution in [2.45, 2.75) is 17.5 Å². The number of ether oxygens (including phenoxy) is 3. The SMILES string of the molecule is COc1ccc(-c2noc(CSc3nnc(COc4ccc(F)cc4)n3N)n2)cc1OC. The summed E-state index contributed by atoms with van der Waals surface area (Å²) in [7, 11) is 3.12. The summed E-state index contributed by atoms with van der Waals surface area (Å²) in [5.41, 5.74) is 0.727. The smallest absolute Gasteiger partial charge is 0.237 e. The molecular formula is C20H19FN6O4S. The first kappa shape index (κ1) is 21.4. The predicted molar refractivity (Wildman–Crippen MR) is 113 cm³/mol. The van der Waals surface area contributed by atoms with Crippen LogP contribution in [0.1, 0.15) is 11.7 Å². The van der Waals surface area contributed by atoms with Gasteiger partial charge in [0.1, 0.15) is 18.2 Å². The topological polar surface area (TPSA) is 123 Å². The summed E-state index contributed by atoms with van der Waals surface area (Å²) < 4.78 is 35.7. The molecule has 2 N–H and O–H groups in total. The molecule has 2 aromatic carbocycles. The van der Waals surface area contributed by atoms with Gasteiger partial charge in [-0.1, -0.05) is 16.9 Å². The molecule has 0 atom stereocenters. The molecule has 0 spiro atoms. The summed E-state index contributed by atoms with van der Waals surface area (Å²) in [6.45, 7) is 0.0830. The summed E-state index contributed by atoms with van der Waals surface area (Å²) in [6, 6.07) is 11.0. The van der Waals surface area contributed by atoms with Gasteiger partial charge >= 0.3 is 0 Å². The summed E-state index contributed by atoms with van der Waals surface area (Å²) in [5, 5.41) is 12.5. The number of nitrogens with zero attached hydrogens (tertiary/aromatic N) is 5. The van der Waals surface area contributed by atoms with Crippen LogP contribution in [0, 0.1) is 5.82 Å². The maximum Gasteiger partial charge on any atom is 0.237 e. The van der Waals surface area contributed by atoms with Gasteiger partial charge in [0, 0.05) is 5.56 Å². The first-order valence-electron chi connectivity index (χ1n) is 9.33. The van der Waals surface area contributed by atoms with Crippen LogP contribution < -0.4 is 20.1 Å². The standard InChI is InChI=1S/C20H19FN6O4S/c1-28-15-8-3-12(9-16(15)29-2)19-23-18(31-26-19)11-32-20-25-24-17(27(20)22)10-30-14-6-4-13(21)5-7-14/h3-9H,10-11,22H2,1-2H3. The fourth-order valence-corrected chi connectivity index (χ4v) is 3.43. The minimum atomic E-state index is -0.340. The lowest BCUT2D eigenvalue weighted by Gasteiger charge is -2.07. The zero-order valence-electron chi connectivity index (χ0n) is 17.2. The van der Waals surface area contributed by atoms with Gasteiger partial charge in [-0.15, -0.1) is 10.2 Å². The molecule has 0 aliphatic heterocycles. The van der Waals surface area contributed by atoms with E-state index in [2.05, 4.69) is 20.3 Å². The number of rotatable bonds is 9. The molecule has 0 aliphatic carbocycles. The van der Waals surface area contributed by atoms with Crippen LogP contribution in [0.15, 0.2) is 52.1 Å². The molecule has 0 fully saturated rings. The van der Waals surface area contributed by atoms with Gasteiger partial charge in [-0.2, -0.15) is 4.98 Å². The van der Waals surface area contributed by atoms with E-state index in [-0.39, 0.29) is 12.4 Å². The minimum absolute atomic E-state index is 0.0830. The Morgan fingerprint density at radius 3 is 2.59 bits per heavy atom. The van der Waals surface area contributed by atoms with E-state index >= 15 is 0 Å². The van der Waals surface area contributed by atoms with Crippen LogP contribution in [0.4, 0.5) is 4.39 Å². The van der Waals surface area contributed by atoms with Gasteiger partial charge in [0.25, 0.3) is 0 Å². The second-order valence-corrected chi connectivity index (χ2v) is 7.32. The first-order chi connectivity index (χ1) is 15.6. The fraction of sp³-hybridized carbons (Fsp3) is 0.200. The van der Waals surface area contributed by atoms with Gasteiger partial charge in [-0.3, -0.25) is 0 Å². The van der Waals surface area contributed by atoms with Gasteiger partial charge in [0.05, 0.1) is 20.0 Å². The van der Waals surface area contributed by atoms with Crippen molar-refractivity contribution in [1.29, 1.82) is 0 Å². The monoisotopic (exact) mass is 458 g/mol. The van der Waals surface area contributed by atoms with E-state index in [4.69, 9.17) is 24.6 Å². The highest BCUT2D eigenvalue weighted by atomic mass is 32.2. The van der Waals surface area contributed by atoms with E-state index < -0.39 is 0 Å². The van der Waals surface area contributed by atoms with Gasteiger partial charge in [-0.25, -0.2) is 9.07 Å². The summed E-state index contributed by atoms with van der Waals surface area (Å²) in [5.74, 6) is 8.95. The Hall–Kier alpha value is -3.80. The number of benzene rings is 2. The molecule has 0 bridgehead atoms. The molecule has 4 rings (SSSR count). The van der Waals surface area contributed by atoms with Crippen molar-refractivity contribution >= 4 is 11.8 Å². The van der Waals surface area contributed by atoms with E-state index in [1.807, 2.05) is 6.07 Å². The Morgan fingerprint density at radius 1 is 1.06 bits per heavy atom. The Kier molecular flexibility index (Phi) is 6.40. The van der Waals surface area contributed by atoms with E-state index in [0.29, 0.717) is 45.7 Å². The van der Waals surface area contributed by atoms with Crippen LogP contribution in [0.2, 0.25) is 0 Å². The molecule has 0 aliphatic rings. The number of hydrogen-bond acceptors (Lipinski definition) is 10. The number of thioether (sulfide) groups is 1. The number of nitrogen functional groups attached to an aromatic ring is 1. The zero-order valence-corrected chi connectivity index (χ0v) is 18.0. The molecule has 0 unspecified atom stereocenters. The molecule has 2 heterocycles. The summed E-state index contributed by atoms with van der Waals surface area (Å²) in [4.78, 5) is 4.40. The van der Waals surface area contributed by atoms with Crippen molar-refractivity contribution in [2.75, 3.05) is 20.1 Å². The van der Waals surface area contributed by atoms with Gasteiger partial charge in [0.15, 0.2) is 17.3 Å². The van der Waals surface area contributed by atoms with Crippen molar-refractivity contribution in [3.05, 3.63) is 60.0 Å². The van der Waals surface area contributed by atoms with Crippen molar-refractivity contribution in [1.82, 2.24) is 25.0 Å². The maximum absolute atomic E-state index is 13.0. The lowest BCUT2D eigenvalue weighted by molar-refractivity contribution is 0.291. The Bertz CT molecular complexity index is 1200. The molecule has 0 saturated carbocycles. The van der Waals surface area contributed by atoms with Crippen LogP contribution in [-0.4, -0.2) is 39.2 Å². The largest absolute Gasteiger partial charge is 0.493 e. The third kappa shape index (κ3) is 4.75. The molecule has 2 aromatic heterocycles. The average molecular weight is 458 g/mol.